The molecule has 1 aromatic carbocycles. The van der Waals surface area contributed by atoms with Gasteiger partial charge in [0.2, 0.25) is 0 Å². The fourth-order valence-corrected chi connectivity index (χ4v) is 9.72. The van der Waals surface area contributed by atoms with Crippen molar-refractivity contribution in [2.24, 2.45) is 16.7 Å². The first-order valence-corrected chi connectivity index (χ1v) is 20.3. The maximum absolute atomic E-state index is 15.4. The molecule has 62 heavy (non-hydrogen) atoms. The average molecular weight is 870 g/mol. The van der Waals surface area contributed by atoms with E-state index in [1.54, 1.807) is 39.0 Å². The predicted octanol–water partition coefficient (Wildman–Crippen LogP) is 2.78. The Morgan fingerprint density at radius 2 is 1.61 bits per heavy atom. The number of hydrogen-bond acceptors (Lipinski definition) is 17. The van der Waals surface area contributed by atoms with Crippen LogP contribution in [-0.2, 0) is 47.6 Å². The Hall–Kier alpha value is -5.14. The predicted molar refractivity (Wildman–Crippen MR) is 211 cm³/mol. The molecular weight excluding hydrogens is 814 g/mol. The summed E-state index contributed by atoms with van der Waals surface area (Å²) in [5.74, 6) is -6.99. The number of benzene rings is 1. The van der Waals surface area contributed by atoms with E-state index in [9.17, 15) is 44.4 Å². The van der Waals surface area contributed by atoms with Crippen molar-refractivity contribution in [3.63, 3.8) is 0 Å². The van der Waals surface area contributed by atoms with E-state index in [-0.39, 0.29) is 35.5 Å². The number of carbonyl (C=O) groups is 6. The zero-order valence-corrected chi connectivity index (χ0v) is 36.0. The van der Waals surface area contributed by atoms with Gasteiger partial charge < -0.3 is 58.6 Å². The number of nitrogens with one attached hydrogen (secondary N) is 1. The standard InChI is InChI=1S/C44H55NO17/c1-21-26(58-38(53)32(49)30(25-16-13-17-56-25)45-39(54)62-40(4,5)6)19-44(55)35(60-37(52)24-14-11-10-12-15-24)33-42(9,34(50)31(48)29(21)41(44,7)8)27(59-36(51)22(2)46)18-28-43(33,20-57-28)61-23(3)47/h10-17,22,26-28,30-33,35,46,48-49,55H,18-20H2,1-9H3,(H,45,54)/t22-,26+,27+,28-,30+,31-,32-,33?,35+,42-,43+,44-/m1/s1. The number of furan rings is 1. The van der Waals surface area contributed by atoms with Crippen molar-refractivity contribution >= 4 is 35.8 Å². The summed E-state index contributed by atoms with van der Waals surface area (Å²) in [6, 6.07) is 8.99. The summed E-state index contributed by atoms with van der Waals surface area (Å²) in [7, 11) is 0. The molecule has 0 spiro atoms. The summed E-state index contributed by atoms with van der Waals surface area (Å²) in [6.07, 6.45) is -12.7. The lowest BCUT2D eigenvalue weighted by Crippen LogP contribution is -2.82. The molecule has 6 rings (SSSR count). The molecule has 18 heteroatoms. The van der Waals surface area contributed by atoms with Crippen molar-refractivity contribution in [2.45, 2.75) is 141 Å². The first-order chi connectivity index (χ1) is 28.8. The summed E-state index contributed by atoms with van der Waals surface area (Å²) >= 11 is 0. The zero-order valence-electron chi connectivity index (χ0n) is 36.0. The fourth-order valence-electron chi connectivity index (χ4n) is 9.72. The van der Waals surface area contributed by atoms with E-state index in [4.69, 9.17) is 32.8 Å². The number of ketones is 1. The van der Waals surface area contributed by atoms with Crippen LogP contribution in [0.1, 0.15) is 97.3 Å². The van der Waals surface area contributed by atoms with Crippen LogP contribution < -0.4 is 5.32 Å². The first-order valence-electron chi connectivity index (χ1n) is 20.3. The minimum absolute atomic E-state index is 0.0233. The molecule has 3 aliphatic carbocycles. The third-order valence-electron chi connectivity index (χ3n) is 12.8. The van der Waals surface area contributed by atoms with Crippen LogP contribution in [0.3, 0.4) is 0 Å². The second kappa shape index (κ2) is 16.5. The number of fused-ring (bicyclic) bond motifs is 5. The van der Waals surface area contributed by atoms with Crippen LogP contribution in [0.5, 0.6) is 0 Å². The summed E-state index contributed by atoms with van der Waals surface area (Å²) in [6.45, 7) is 12.5. The lowest BCUT2D eigenvalue weighted by Gasteiger charge is -2.67. The van der Waals surface area contributed by atoms with Gasteiger partial charge in [-0.1, -0.05) is 32.0 Å². The van der Waals surface area contributed by atoms with Gasteiger partial charge in [0.1, 0.15) is 59.6 Å². The molecule has 12 atom stereocenters. The van der Waals surface area contributed by atoms with E-state index in [0.29, 0.717) is 0 Å². The molecule has 18 nitrogen and oxygen atoms in total. The van der Waals surface area contributed by atoms with Crippen molar-refractivity contribution in [3.8, 4) is 0 Å². The number of hydrogen-bond donors (Lipinski definition) is 5. The highest BCUT2D eigenvalue weighted by Crippen LogP contribution is 2.64. The van der Waals surface area contributed by atoms with Crippen LogP contribution >= 0.6 is 0 Å². The normalized spacial score (nSPS) is 32.8. The van der Waals surface area contributed by atoms with Gasteiger partial charge in [-0.15, -0.1) is 0 Å². The van der Waals surface area contributed by atoms with Gasteiger partial charge in [0.25, 0.3) is 0 Å². The number of rotatable bonds is 10. The minimum Gasteiger partial charge on any atom is -0.467 e. The number of aliphatic hydroxyl groups is 4. The fraction of sp³-hybridized carbons (Fsp3) is 0.591. The topological polar surface area (TPSA) is 264 Å². The molecule has 1 aromatic heterocycles. The van der Waals surface area contributed by atoms with E-state index < -0.39 is 124 Å². The van der Waals surface area contributed by atoms with Gasteiger partial charge in [-0.25, -0.2) is 19.2 Å². The van der Waals surface area contributed by atoms with Gasteiger partial charge in [-0.2, -0.15) is 0 Å². The van der Waals surface area contributed by atoms with E-state index >= 15 is 4.79 Å². The molecule has 2 aromatic rings. The van der Waals surface area contributed by atoms with Gasteiger partial charge >= 0.3 is 30.0 Å². The number of ether oxygens (including phenoxy) is 6. The largest absolute Gasteiger partial charge is 0.467 e. The highest BCUT2D eigenvalue weighted by Gasteiger charge is 2.78. The van der Waals surface area contributed by atoms with E-state index in [1.807, 2.05) is 0 Å². The summed E-state index contributed by atoms with van der Waals surface area (Å²) in [4.78, 5) is 82.8. The lowest BCUT2D eigenvalue weighted by atomic mass is 9.44. The van der Waals surface area contributed by atoms with Crippen molar-refractivity contribution < 1.29 is 82.0 Å². The zero-order chi connectivity index (χ0) is 45.9. The number of aliphatic hydroxyl groups excluding tert-OH is 3. The third kappa shape index (κ3) is 7.91. The second-order valence-electron chi connectivity index (χ2n) is 18.3. The maximum atomic E-state index is 15.4. The van der Waals surface area contributed by atoms with Crippen molar-refractivity contribution in [2.75, 3.05) is 6.61 Å². The molecule has 1 amide bonds. The minimum atomic E-state index is -2.46. The van der Waals surface area contributed by atoms with E-state index in [2.05, 4.69) is 5.32 Å². The lowest BCUT2D eigenvalue weighted by molar-refractivity contribution is -0.346. The van der Waals surface area contributed by atoms with Crippen LogP contribution in [0.25, 0.3) is 0 Å². The summed E-state index contributed by atoms with van der Waals surface area (Å²) < 4.78 is 40.8. The number of carbonyl (C=O) groups excluding carboxylic acids is 6. The van der Waals surface area contributed by atoms with Gasteiger partial charge in [-0.3, -0.25) is 9.59 Å². The molecule has 2 bridgehead atoms. The Morgan fingerprint density at radius 3 is 2.16 bits per heavy atom. The average Bonchev–Trinajstić information content (AvgIpc) is 3.72. The Kier molecular flexibility index (Phi) is 12.4. The molecule has 2 heterocycles. The smallest absolute Gasteiger partial charge is 0.408 e. The van der Waals surface area contributed by atoms with E-state index in [0.717, 1.165) is 13.8 Å². The van der Waals surface area contributed by atoms with Gasteiger partial charge in [0.05, 0.1) is 29.8 Å². The molecule has 2 saturated carbocycles. The molecule has 338 valence electrons. The number of alkyl carbamates (subject to hydrolysis) is 1. The highest BCUT2D eigenvalue weighted by atomic mass is 16.6. The van der Waals surface area contributed by atoms with Crippen molar-refractivity contribution in [3.05, 3.63) is 71.2 Å². The van der Waals surface area contributed by atoms with Crippen LogP contribution in [-0.4, -0.2) is 122 Å². The van der Waals surface area contributed by atoms with Crippen molar-refractivity contribution in [1.29, 1.82) is 0 Å². The monoisotopic (exact) mass is 869 g/mol. The Labute approximate surface area is 357 Å². The number of Topliss-reactive ketones (excluding diaryl/α,β-unsaturated/α-hetero) is 1. The van der Waals surface area contributed by atoms with Crippen LogP contribution in [0.4, 0.5) is 4.79 Å². The molecule has 3 fully saturated rings. The molecule has 0 radical (unpaired) electrons. The van der Waals surface area contributed by atoms with Crippen LogP contribution in [0, 0.1) is 16.7 Å². The molecule has 1 saturated heterocycles. The Morgan fingerprint density at radius 1 is 0.952 bits per heavy atom. The third-order valence-corrected chi connectivity index (χ3v) is 12.8. The SMILES string of the molecule is CC(=O)O[C@@]12CO[C@@H]1C[C@H](OC(=O)[C@@H](C)O)[C@@]1(C)C(=O)[C@H](O)C3=C(C)[C@@H](OC(=O)[C@H](O)[C@@H](NC(=O)OC(C)(C)C)c4ccco4)C[C@@](O)([C@@H](OC(=O)c4ccccc4)C12)C3(C)C. The number of esters is 4. The van der Waals surface area contributed by atoms with Gasteiger partial charge in [0.15, 0.2) is 17.5 Å². The quantitative estimate of drug-likeness (QED) is 0.131. The van der Waals surface area contributed by atoms with Gasteiger partial charge in [0, 0.05) is 25.2 Å². The summed E-state index contributed by atoms with van der Waals surface area (Å²) in [5, 5.41) is 50.2. The van der Waals surface area contributed by atoms with Crippen LogP contribution in [0.2, 0.25) is 0 Å². The van der Waals surface area contributed by atoms with E-state index in [1.165, 1.54) is 58.2 Å². The molecule has 5 N–H and O–H groups in total. The van der Waals surface area contributed by atoms with Crippen molar-refractivity contribution in [1.82, 2.24) is 5.32 Å². The summed E-state index contributed by atoms with van der Waals surface area (Å²) in [5.41, 5.74) is -9.20. The van der Waals surface area contributed by atoms with Gasteiger partial charge in [-0.05, 0) is 77.0 Å². The first kappa shape index (κ1) is 46.4. The molecule has 1 aliphatic heterocycles. The Bertz CT molecular complexity index is 2110. The molecular formula is C44H55NO17. The second-order valence-corrected chi connectivity index (χ2v) is 18.3. The number of amides is 1. The Balaban J connectivity index is 1.53. The maximum Gasteiger partial charge on any atom is 0.408 e. The highest BCUT2D eigenvalue weighted by molar-refractivity contribution is 5.94. The molecule has 4 aliphatic rings. The molecule has 1 unspecified atom stereocenters. The van der Waals surface area contributed by atoms with Crippen LogP contribution in [0.15, 0.2) is 64.3 Å².